The lowest BCUT2D eigenvalue weighted by Crippen LogP contribution is -2.42. The summed E-state index contributed by atoms with van der Waals surface area (Å²) in [6.45, 7) is 0. The third-order valence-corrected chi connectivity index (χ3v) is 5.33. The van der Waals surface area contributed by atoms with E-state index in [0.29, 0.717) is 5.69 Å². The van der Waals surface area contributed by atoms with Crippen LogP contribution in [-0.4, -0.2) is 39.0 Å². The molecule has 0 aromatic heterocycles. The Morgan fingerprint density at radius 1 is 1.17 bits per heavy atom. The van der Waals surface area contributed by atoms with Crippen molar-refractivity contribution in [1.82, 2.24) is 15.2 Å². The Hall–Kier alpha value is -1.84. The van der Waals surface area contributed by atoms with Crippen LogP contribution >= 0.6 is 0 Å². The fourth-order valence-corrected chi connectivity index (χ4v) is 3.85. The lowest BCUT2D eigenvalue weighted by Gasteiger charge is -2.29. The lowest BCUT2D eigenvalue weighted by atomic mass is 9.92. The number of anilines is 1. The minimum absolute atomic E-state index is 0.0512. The summed E-state index contributed by atoms with van der Waals surface area (Å²) < 4.78 is 27.4. The third-order valence-electron chi connectivity index (χ3n) is 3.79. The zero-order chi connectivity index (χ0) is 16.9. The van der Waals surface area contributed by atoms with Crippen LogP contribution in [0.3, 0.4) is 0 Å². The van der Waals surface area contributed by atoms with Gasteiger partial charge in [0.1, 0.15) is 6.34 Å². The van der Waals surface area contributed by atoms with Gasteiger partial charge < -0.3 is 11.1 Å². The summed E-state index contributed by atoms with van der Waals surface area (Å²) in [5.41, 5.74) is 6.13. The van der Waals surface area contributed by atoms with Gasteiger partial charge in [-0.15, -0.1) is 0 Å². The predicted octanol–water partition coefficient (Wildman–Crippen LogP) is 0.197. The molecule has 0 atom stereocenters. The molecule has 128 valence electrons. The average molecular weight is 340 g/mol. The van der Waals surface area contributed by atoms with Crippen LogP contribution in [0.1, 0.15) is 25.7 Å². The molecule has 2 rings (SSSR count). The summed E-state index contributed by atoms with van der Waals surface area (Å²) in [5, 5.41) is 8.29. The maximum absolute atomic E-state index is 12.3. The molecule has 1 fully saturated rings. The third kappa shape index (κ3) is 5.38. The van der Waals surface area contributed by atoms with Gasteiger partial charge in [0.25, 0.3) is 0 Å². The summed E-state index contributed by atoms with van der Waals surface area (Å²) >= 11 is 0. The first-order chi connectivity index (χ1) is 10.9. The second-order valence-corrected chi connectivity index (χ2v) is 7.44. The van der Waals surface area contributed by atoms with Crippen molar-refractivity contribution in [3.8, 4) is 0 Å². The van der Waals surface area contributed by atoms with Crippen LogP contribution in [0.2, 0.25) is 0 Å². The molecule has 0 saturated heterocycles. The minimum atomic E-state index is -3.50. The molecule has 8 nitrogen and oxygen atoms in total. The highest BCUT2D eigenvalue weighted by Gasteiger charge is 2.25. The van der Waals surface area contributed by atoms with Crippen LogP contribution < -0.4 is 21.6 Å². The summed E-state index contributed by atoms with van der Waals surface area (Å²) in [7, 11) is -1.86. The van der Waals surface area contributed by atoms with Crippen molar-refractivity contribution in [2.45, 2.75) is 42.7 Å². The van der Waals surface area contributed by atoms with E-state index in [4.69, 9.17) is 11.6 Å². The van der Waals surface area contributed by atoms with Gasteiger partial charge in [0, 0.05) is 24.8 Å². The average Bonchev–Trinajstić information content (AvgIpc) is 2.49. The monoisotopic (exact) mass is 340 g/mol. The minimum Gasteiger partial charge on any atom is -0.399 e. The zero-order valence-electron chi connectivity index (χ0n) is 13.1. The first-order valence-corrected chi connectivity index (χ1v) is 9.00. The van der Waals surface area contributed by atoms with E-state index in [0.717, 1.165) is 25.7 Å². The highest BCUT2D eigenvalue weighted by Crippen LogP contribution is 2.21. The highest BCUT2D eigenvalue weighted by atomic mass is 32.2. The highest BCUT2D eigenvalue weighted by molar-refractivity contribution is 7.89. The van der Waals surface area contributed by atoms with Crippen molar-refractivity contribution in [3.05, 3.63) is 24.3 Å². The van der Waals surface area contributed by atoms with Gasteiger partial charge in [0.15, 0.2) is 0 Å². The smallest absolute Gasteiger partial charge is 0.240 e. The van der Waals surface area contributed by atoms with Crippen LogP contribution in [0.5, 0.6) is 0 Å². The van der Waals surface area contributed by atoms with E-state index in [1.54, 1.807) is 25.5 Å². The number of hydrogen-bond acceptors (Lipinski definition) is 6. The van der Waals surface area contributed by atoms with Gasteiger partial charge in [-0.3, -0.25) is 0 Å². The molecular weight excluding hydrogens is 316 g/mol. The molecular formula is C14H24N6O2S. The van der Waals surface area contributed by atoms with E-state index >= 15 is 0 Å². The van der Waals surface area contributed by atoms with Gasteiger partial charge in [-0.1, -0.05) is 0 Å². The van der Waals surface area contributed by atoms with Crippen molar-refractivity contribution < 1.29 is 8.42 Å². The zero-order valence-corrected chi connectivity index (χ0v) is 14.0. The number of hydrazone groups is 1. The van der Waals surface area contributed by atoms with Crippen molar-refractivity contribution in [1.29, 1.82) is 0 Å². The molecule has 9 heteroatoms. The molecule has 6 N–H and O–H groups in total. The van der Waals surface area contributed by atoms with Gasteiger partial charge in [-0.25, -0.2) is 24.1 Å². The van der Waals surface area contributed by atoms with Crippen LogP contribution in [0, 0.1) is 0 Å². The number of hydrazine groups is 1. The normalized spacial score (nSPS) is 22.2. The van der Waals surface area contributed by atoms with E-state index in [9.17, 15) is 8.42 Å². The molecule has 23 heavy (non-hydrogen) atoms. The first kappa shape index (κ1) is 17.5. The molecule has 1 aromatic carbocycles. The van der Waals surface area contributed by atoms with Crippen LogP contribution in [0.15, 0.2) is 34.3 Å². The Balaban J connectivity index is 1.85. The number of rotatable bonds is 6. The van der Waals surface area contributed by atoms with E-state index in [2.05, 4.69) is 15.1 Å². The molecule has 0 bridgehead atoms. The fourth-order valence-electron chi connectivity index (χ4n) is 2.54. The maximum Gasteiger partial charge on any atom is 0.240 e. The molecule has 0 unspecified atom stereocenters. The summed E-state index contributed by atoms with van der Waals surface area (Å²) in [6, 6.07) is 6.45. The molecule has 0 heterocycles. The fraction of sp³-hybridized carbons (Fsp3) is 0.500. The molecule has 1 saturated carbocycles. The number of nitrogens with one attached hydrogen (secondary N) is 2. The predicted molar refractivity (Wildman–Crippen MR) is 90.8 cm³/mol. The van der Waals surface area contributed by atoms with E-state index in [-0.39, 0.29) is 17.0 Å². The number of sulfonamides is 1. The number of hydrogen-bond donors (Lipinski definition) is 4. The van der Waals surface area contributed by atoms with Gasteiger partial charge in [0.05, 0.1) is 4.90 Å². The Bertz CT molecular complexity index is 621. The SMILES string of the molecule is CN(N)N=CN[C@H]1CC[C@H](NS(=O)(=O)c2ccc(N)cc2)CC1. The Morgan fingerprint density at radius 2 is 1.74 bits per heavy atom. The molecule has 0 spiro atoms. The quantitative estimate of drug-likeness (QED) is 0.193. The van der Waals surface area contributed by atoms with E-state index in [1.165, 1.54) is 17.3 Å². The number of nitrogen functional groups attached to an aromatic ring is 1. The molecule has 0 radical (unpaired) electrons. The Labute approximate surface area is 136 Å². The van der Waals surface area contributed by atoms with Crippen LogP contribution in [0.4, 0.5) is 5.69 Å². The number of nitrogens with zero attached hydrogens (tertiary/aromatic N) is 2. The molecule has 0 aliphatic heterocycles. The number of nitrogens with two attached hydrogens (primary N) is 2. The van der Waals surface area contributed by atoms with Crippen molar-refractivity contribution >= 4 is 22.0 Å². The van der Waals surface area contributed by atoms with Gasteiger partial charge in [-0.05, 0) is 49.9 Å². The summed E-state index contributed by atoms with van der Waals surface area (Å²) in [5.74, 6) is 5.37. The summed E-state index contributed by atoms with van der Waals surface area (Å²) in [6.07, 6.45) is 4.87. The lowest BCUT2D eigenvalue weighted by molar-refractivity contribution is 0.348. The van der Waals surface area contributed by atoms with Crippen molar-refractivity contribution in [2.24, 2.45) is 10.9 Å². The van der Waals surface area contributed by atoms with Gasteiger partial charge in [-0.2, -0.15) is 5.10 Å². The maximum atomic E-state index is 12.3. The van der Waals surface area contributed by atoms with Gasteiger partial charge in [0.2, 0.25) is 10.0 Å². The Morgan fingerprint density at radius 3 is 2.30 bits per heavy atom. The molecule has 0 amide bonds. The second-order valence-electron chi connectivity index (χ2n) is 5.72. The van der Waals surface area contributed by atoms with Crippen molar-refractivity contribution in [3.63, 3.8) is 0 Å². The molecule has 1 aromatic rings. The van der Waals surface area contributed by atoms with E-state index in [1.807, 2.05) is 0 Å². The second kappa shape index (κ2) is 7.62. The Kier molecular flexibility index (Phi) is 5.80. The topological polar surface area (TPSA) is 126 Å². The molecule has 1 aliphatic rings. The van der Waals surface area contributed by atoms with Crippen LogP contribution in [-0.2, 0) is 10.0 Å². The largest absolute Gasteiger partial charge is 0.399 e. The van der Waals surface area contributed by atoms with Crippen LogP contribution in [0.25, 0.3) is 0 Å². The van der Waals surface area contributed by atoms with E-state index < -0.39 is 10.0 Å². The van der Waals surface area contributed by atoms with Gasteiger partial charge >= 0.3 is 0 Å². The summed E-state index contributed by atoms with van der Waals surface area (Å²) in [4.78, 5) is 0.241. The first-order valence-electron chi connectivity index (χ1n) is 7.51. The standard InChI is InChI=1S/C14H24N6O2S/c1-20(16)18-10-17-12-4-6-13(7-5-12)19-23(21,22)14-8-2-11(15)3-9-14/h2-3,8-10,12-13,19H,4-7,15-16H2,1H3,(H,17,18)/t12-,13-. The number of benzene rings is 1. The van der Waals surface area contributed by atoms with Crippen molar-refractivity contribution in [2.75, 3.05) is 12.8 Å². The molecule has 1 aliphatic carbocycles.